The SMILES string of the molecule is CCN(C=O)c1ccc(-n2ncoc2=O)cc1. The van der Waals surface area contributed by atoms with E-state index in [1.54, 1.807) is 29.2 Å². The Morgan fingerprint density at radius 2 is 2.12 bits per heavy atom. The highest BCUT2D eigenvalue weighted by Gasteiger charge is 2.05. The third kappa shape index (κ3) is 2.10. The molecular weight excluding hydrogens is 222 g/mol. The zero-order valence-electron chi connectivity index (χ0n) is 9.24. The van der Waals surface area contributed by atoms with Crippen molar-refractivity contribution >= 4 is 12.1 Å². The number of hydrogen-bond acceptors (Lipinski definition) is 4. The first-order valence-corrected chi connectivity index (χ1v) is 5.11. The van der Waals surface area contributed by atoms with Crippen molar-refractivity contribution in [2.75, 3.05) is 11.4 Å². The molecule has 0 aliphatic heterocycles. The second-order valence-electron chi connectivity index (χ2n) is 3.32. The predicted octanol–water partition coefficient (Wildman–Crippen LogP) is 0.808. The molecular formula is C11H11N3O3. The lowest BCUT2D eigenvalue weighted by Crippen LogP contribution is -2.20. The molecule has 0 aliphatic carbocycles. The van der Waals surface area contributed by atoms with E-state index >= 15 is 0 Å². The fourth-order valence-electron chi connectivity index (χ4n) is 1.49. The van der Waals surface area contributed by atoms with E-state index in [4.69, 9.17) is 0 Å². The Hall–Kier alpha value is -2.37. The minimum absolute atomic E-state index is 0.541. The highest BCUT2D eigenvalue weighted by molar-refractivity contribution is 5.75. The molecule has 1 aromatic carbocycles. The van der Waals surface area contributed by atoms with Crippen molar-refractivity contribution in [1.82, 2.24) is 9.78 Å². The van der Waals surface area contributed by atoms with Crippen molar-refractivity contribution in [1.29, 1.82) is 0 Å². The smallest absolute Gasteiger partial charge is 0.395 e. The molecule has 1 amide bonds. The number of hydrogen-bond donors (Lipinski definition) is 0. The van der Waals surface area contributed by atoms with Crippen LogP contribution in [0.5, 0.6) is 0 Å². The van der Waals surface area contributed by atoms with E-state index < -0.39 is 5.76 Å². The fraction of sp³-hybridized carbons (Fsp3) is 0.182. The number of rotatable bonds is 4. The van der Waals surface area contributed by atoms with Gasteiger partial charge in [-0.25, -0.2) is 4.79 Å². The maximum atomic E-state index is 11.2. The van der Waals surface area contributed by atoms with Crippen molar-refractivity contribution in [2.24, 2.45) is 0 Å². The molecule has 1 aromatic heterocycles. The standard InChI is InChI=1S/C11H11N3O3/c1-2-13(8-15)9-3-5-10(6-4-9)14-11(16)17-7-12-14/h3-8H,2H2,1H3. The molecule has 0 saturated heterocycles. The minimum atomic E-state index is -0.541. The summed E-state index contributed by atoms with van der Waals surface area (Å²) < 4.78 is 5.71. The van der Waals surface area contributed by atoms with Crippen molar-refractivity contribution in [3.8, 4) is 5.69 Å². The van der Waals surface area contributed by atoms with Crippen LogP contribution in [0.25, 0.3) is 5.69 Å². The van der Waals surface area contributed by atoms with E-state index in [0.717, 1.165) is 23.2 Å². The number of nitrogens with zero attached hydrogens (tertiary/aromatic N) is 3. The van der Waals surface area contributed by atoms with Crippen LogP contribution in [-0.2, 0) is 4.79 Å². The molecule has 17 heavy (non-hydrogen) atoms. The lowest BCUT2D eigenvalue weighted by molar-refractivity contribution is -0.107. The van der Waals surface area contributed by atoms with Crippen LogP contribution in [0.15, 0.2) is 39.9 Å². The first kappa shape index (κ1) is 11.1. The van der Waals surface area contributed by atoms with E-state index in [2.05, 4.69) is 9.52 Å². The first-order valence-electron chi connectivity index (χ1n) is 5.11. The summed E-state index contributed by atoms with van der Waals surface area (Å²) in [6.45, 7) is 2.47. The van der Waals surface area contributed by atoms with Gasteiger partial charge in [-0.1, -0.05) is 0 Å². The third-order valence-corrected chi connectivity index (χ3v) is 2.38. The monoisotopic (exact) mass is 233 g/mol. The Morgan fingerprint density at radius 1 is 1.41 bits per heavy atom. The van der Waals surface area contributed by atoms with E-state index in [1.165, 1.54) is 0 Å². The van der Waals surface area contributed by atoms with Gasteiger partial charge in [0.05, 0.1) is 5.69 Å². The Kier molecular flexibility index (Phi) is 3.04. The molecule has 0 radical (unpaired) electrons. The zero-order valence-corrected chi connectivity index (χ0v) is 9.24. The summed E-state index contributed by atoms with van der Waals surface area (Å²) in [6.07, 6.45) is 1.84. The van der Waals surface area contributed by atoms with Crippen LogP contribution in [0.1, 0.15) is 6.92 Å². The number of aromatic nitrogens is 2. The van der Waals surface area contributed by atoms with Crippen LogP contribution in [-0.4, -0.2) is 22.7 Å². The van der Waals surface area contributed by atoms with E-state index in [-0.39, 0.29) is 0 Å². The van der Waals surface area contributed by atoms with Gasteiger partial charge in [-0.2, -0.15) is 4.68 Å². The highest BCUT2D eigenvalue weighted by Crippen LogP contribution is 2.14. The highest BCUT2D eigenvalue weighted by atomic mass is 16.4. The fourth-order valence-corrected chi connectivity index (χ4v) is 1.49. The van der Waals surface area contributed by atoms with Gasteiger partial charge in [0.15, 0.2) is 0 Å². The second kappa shape index (κ2) is 4.65. The molecule has 0 N–H and O–H groups in total. The molecule has 1 heterocycles. The molecule has 0 unspecified atom stereocenters. The quantitative estimate of drug-likeness (QED) is 0.733. The van der Waals surface area contributed by atoms with Gasteiger partial charge in [0, 0.05) is 12.2 Å². The predicted molar refractivity (Wildman–Crippen MR) is 61.2 cm³/mol. The van der Waals surface area contributed by atoms with Crippen molar-refractivity contribution < 1.29 is 9.21 Å². The third-order valence-electron chi connectivity index (χ3n) is 2.38. The van der Waals surface area contributed by atoms with Crippen molar-refractivity contribution in [3.63, 3.8) is 0 Å². The normalized spacial score (nSPS) is 10.2. The van der Waals surface area contributed by atoms with Gasteiger partial charge in [0.2, 0.25) is 12.8 Å². The molecule has 2 rings (SSSR count). The van der Waals surface area contributed by atoms with Crippen LogP contribution in [0.4, 0.5) is 5.69 Å². The van der Waals surface area contributed by atoms with Crippen LogP contribution in [0, 0.1) is 0 Å². The molecule has 0 fully saturated rings. The summed E-state index contributed by atoms with van der Waals surface area (Å²) in [6, 6.07) is 6.89. The van der Waals surface area contributed by atoms with Gasteiger partial charge < -0.3 is 9.32 Å². The molecule has 2 aromatic rings. The number of carbonyl (C=O) groups is 1. The van der Waals surface area contributed by atoms with E-state index in [0.29, 0.717) is 12.2 Å². The van der Waals surface area contributed by atoms with E-state index in [9.17, 15) is 9.59 Å². The summed E-state index contributed by atoms with van der Waals surface area (Å²) in [7, 11) is 0. The Morgan fingerprint density at radius 3 is 2.59 bits per heavy atom. The maximum Gasteiger partial charge on any atom is 0.441 e. The maximum absolute atomic E-state index is 11.2. The average Bonchev–Trinajstić information content (AvgIpc) is 2.78. The number of carbonyl (C=O) groups excluding carboxylic acids is 1. The summed E-state index contributed by atoms with van der Waals surface area (Å²) in [4.78, 5) is 23.5. The van der Waals surface area contributed by atoms with E-state index in [1.807, 2.05) is 6.92 Å². The zero-order chi connectivity index (χ0) is 12.3. The Labute approximate surface area is 97.1 Å². The Bertz CT molecular complexity index is 556. The summed E-state index contributed by atoms with van der Waals surface area (Å²) >= 11 is 0. The minimum Gasteiger partial charge on any atom is -0.395 e. The lowest BCUT2D eigenvalue weighted by atomic mass is 10.2. The van der Waals surface area contributed by atoms with Gasteiger partial charge in [-0.05, 0) is 31.2 Å². The molecule has 0 aliphatic rings. The van der Waals surface area contributed by atoms with Crippen molar-refractivity contribution in [3.05, 3.63) is 41.2 Å². The van der Waals surface area contributed by atoms with Crippen LogP contribution >= 0.6 is 0 Å². The molecule has 0 bridgehead atoms. The number of amides is 1. The van der Waals surface area contributed by atoms with Gasteiger partial charge in [0.1, 0.15) is 0 Å². The number of benzene rings is 1. The summed E-state index contributed by atoms with van der Waals surface area (Å²) in [5.74, 6) is -0.541. The molecule has 0 atom stereocenters. The van der Waals surface area contributed by atoms with Gasteiger partial charge in [0.25, 0.3) is 0 Å². The Balaban J connectivity index is 2.33. The van der Waals surface area contributed by atoms with Gasteiger partial charge in [-0.15, -0.1) is 5.10 Å². The van der Waals surface area contributed by atoms with Crippen LogP contribution in [0.2, 0.25) is 0 Å². The average molecular weight is 233 g/mol. The first-order chi connectivity index (χ1) is 8.26. The molecule has 88 valence electrons. The van der Waals surface area contributed by atoms with Crippen molar-refractivity contribution in [2.45, 2.75) is 6.92 Å². The topological polar surface area (TPSA) is 68.3 Å². The summed E-state index contributed by atoms with van der Waals surface area (Å²) in [5.41, 5.74) is 1.36. The summed E-state index contributed by atoms with van der Waals surface area (Å²) in [5, 5.41) is 3.76. The molecule has 6 heteroatoms. The second-order valence-corrected chi connectivity index (χ2v) is 3.32. The molecule has 0 saturated carbocycles. The largest absolute Gasteiger partial charge is 0.441 e. The van der Waals surface area contributed by atoms with Crippen LogP contribution in [0.3, 0.4) is 0 Å². The van der Waals surface area contributed by atoms with Crippen LogP contribution < -0.4 is 10.7 Å². The van der Waals surface area contributed by atoms with Gasteiger partial charge in [-0.3, -0.25) is 4.79 Å². The molecule has 6 nitrogen and oxygen atoms in total. The number of anilines is 1. The van der Waals surface area contributed by atoms with Gasteiger partial charge >= 0.3 is 5.76 Å². The lowest BCUT2D eigenvalue weighted by Gasteiger charge is -2.14. The molecule has 0 spiro atoms.